The molecule has 0 spiro atoms. The molecule has 0 atom stereocenters. The molecular formula is C20H19BrN2O3S. The van der Waals surface area contributed by atoms with Crippen LogP contribution in [0.3, 0.4) is 0 Å². The summed E-state index contributed by atoms with van der Waals surface area (Å²) in [5.74, 6) is 0.971. The van der Waals surface area contributed by atoms with Crippen molar-refractivity contribution in [1.82, 2.24) is 5.32 Å². The minimum Gasteiger partial charge on any atom is -0.493 e. The molecule has 1 saturated heterocycles. The molecule has 0 unspecified atom stereocenters. The molecule has 27 heavy (non-hydrogen) atoms. The Hall–Kier alpha value is -2.25. The van der Waals surface area contributed by atoms with Gasteiger partial charge in [0.05, 0.1) is 24.8 Å². The fourth-order valence-corrected chi connectivity index (χ4v) is 3.90. The Labute approximate surface area is 171 Å². The Balaban J connectivity index is 1.89. The lowest BCUT2D eigenvalue weighted by atomic mass is 10.1. The Bertz CT molecular complexity index is 924. The fraction of sp³-hybridized carbons (Fsp3) is 0.200. The summed E-state index contributed by atoms with van der Waals surface area (Å²) in [6.45, 7) is 2.11. The first-order valence-electron chi connectivity index (χ1n) is 8.34. The second kappa shape index (κ2) is 8.63. The third kappa shape index (κ3) is 4.54. The molecule has 1 fully saturated rings. The third-order valence-corrected chi connectivity index (χ3v) is 5.35. The van der Waals surface area contributed by atoms with Crippen LogP contribution in [0.15, 0.2) is 50.8 Å². The van der Waals surface area contributed by atoms with Gasteiger partial charge in [0.1, 0.15) is 0 Å². The molecule has 0 bridgehead atoms. The van der Waals surface area contributed by atoms with Crippen LogP contribution in [-0.2, 0) is 11.2 Å². The number of nitrogens with one attached hydrogen (secondary N) is 1. The number of aryl methyl sites for hydroxylation is 1. The highest BCUT2D eigenvalue weighted by Crippen LogP contribution is 2.38. The van der Waals surface area contributed by atoms with Gasteiger partial charge in [-0.3, -0.25) is 4.79 Å². The minimum atomic E-state index is -0.190. The predicted octanol–water partition coefficient (Wildman–Crippen LogP) is 4.92. The van der Waals surface area contributed by atoms with Gasteiger partial charge in [-0.2, -0.15) is 0 Å². The zero-order valence-corrected chi connectivity index (χ0v) is 17.6. The molecule has 140 valence electrons. The molecule has 5 nitrogen and oxygen atoms in total. The summed E-state index contributed by atoms with van der Waals surface area (Å²) in [6, 6.07) is 11.7. The van der Waals surface area contributed by atoms with Crippen molar-refractivity contribution in [3.8, 4) is 11.5 Å². The number of ether oxygens (including phenoxy) is 2. The Morgan fingerprint density at radius 3 is 2.56 bits per heavy atom. The van der Waals surface area contributed by atoms with Gasteiger partial charge in [0.2, 0.25) is 0 Å². The highest BCUT2D eigenvalue weighted by atomic mass is 79.9. The van der Waals surface area contributed by atoms with Crippen LogP contribution >= 0.6 is 27.7 Å². The summed E-state index contributed by atoms with van der Waals surface area (Å²) in [5.41, 5.74) is 2.80. The monoisotopic (exact) mass is 446 g/mol. The molecule has 1 amide bonds. The van der Waals surface area contributed by atoms with Crippen LogP contribution in [0.4, 0.5) is 5.69 Å². The Morgan fingerprint density at radius 1 is 1.19 bits per heavy atom. The van der Waals surface area contributed by atoms with Gasteiger partial charge in [0, 0.05) is 10.0 Å². The van der Waals surface area contributed by atoms with Crippen molar-refractivity contribution >= 4 is 50.5 Å². The lowest BCUT2D eigenvalue weighted by molar-refractivity contribution is -0.115. The lowest BCUT2D eigenvalue weighted by Crippen LogP contribution is -2.19. The average Bonchev–Trinajstić information content (AvgIpc) is 3.00. The molecule has 1 heterocycles. The summed E-state index contributed by atoms with van der Waals surface area (Å²) in [4.78, 5) is 17.4. The third-order valence-electron chi connectivity index (χ3n) is 3.99. The maximum Gasteiger partial charge on any atom is 0.264 e. The summed E-state index contributed by atoms with van der Waals surface area (Å²) in [6.07, 6.45) is 2.75. The van der Waals surface area contributed by atoms with Gasteiger partial charge in [-0.05, 0) is 54.1 Å². The molecule has 2 aromatic carbocycles. The number of thioether (sulfide) groups is 1. The topological polar surface area (TPSA) is 59.9 Å². The predicted molar refractivity (Wildman–Crippen MR) is 114 cm³/mol. The van der Waals surface area contributed by atoms with Gasteiger partial charge >= 0.3 is 0 Å². The van der Waals surface area contributed by atoms with Gasteiger partial charge in [-0.15, -0.1) is 0 Å². The molecule has 1 aliphatic rings. The fourth-order valence-electron chi connectivity index (χ4n) is 2.61. The number of amides is 1. The van der Waals surface area contributed by atoms with Crippen LogP contribution in [-0.4, -0.2) is 25.3 Å². The minimum absolute atomic E-state index is 0.190. The van der Waals surface area contributed by atoms with E-state index in [1.165, 1.54) is 17.3 Å². The van der Waals surface area contributed by atoms with E-state index in [4.69, 9.17) is 9.47 Å². The highest BCUT2D eigenvalue weighted by molar-refractivity contribution is 9.10. The number of carbonyl (C=O) groups excluding carboxylic acids is 1. The number of hydrogen-bond acceptors (Lipinski definition) is 5. The number of halogens is 1. The zero-order chi connectivity index (χ0) is 19.4. The van der Waals surface area contributed by atoms with E-state index in [-0.39, 0.29) is 5.91 Å². The van der Waals surface area contributed by atoms with Crippen LogP contribution in [0, 0.1) is 0 Å². The van der Waals surface area contributed by atoms with Crippen molar-refractivity contribution in [2.24, 2.45) is 4.99 Å². The van der Waals surface area contributed by atoms with Gasteiger partial charge in [0.15, 0.2) is 16.7 Å². The summed E-state index contributed by atoms with van der Waals surface area (Å²) in [7, 11) is 3.15. The first-order chi connectivity index (χ1) is 13.0. The molecular weight excluding hydrogens is 428 g/mol. The largest absolute Gasteiger partial charge is 0.493 e. The number of carbonyl (C=O) groups is 1. The number of rotatable bonds is 5. The standard InChI is InChI=1S/C20H19BrN2O3S/c1-4-12-5-7-15(8-6-12)22-20-23-19(24)17(27-20)10-13-9-14(21)11-16(25-2)18(13)26-3/h5-11H,4H2,1-3H3,(H,22,23,24)/b17-10-. The van der Waals surface area contributed by atoms with E-state index < -0.39 is 0 Å². The molecule has 1 N–H and O–H groups in total. The number of nitrogens with zero attached hydrogens (tertiary/aromatic N) is 1. The van der Waals surface area contributed by atoms with E-state index in [9.17, 15) is 4.79 Å². The van der Waals surface area contributed by atoms with Crippen LogP contribution in [0.25, 0.3) is 6.08 Å². The molecule has 7 heteroatoms. The van der Waals surface area contributed by atoms with E-state index in [2.05, 4.69) is 33.2 Å². The summed E-state index contributed by atoms with van der Waals surface area (Å²) < 4.78 is 11.6. The van der Waals surface area contributed by atoms with E-state index in [0.717, 1.165) is 22.1 Å². The Morgan fingerprint density at radius 2 is 1.93 bits per heavy atom. The smallest absolute Gasteiger partial charge is 0.264 e. The SMILES string of the molecule is CCc1ccc(N=C2NC(=O)/C(=C/c3cc(Br)cc(OC)c3OC)S2)cc1. The molecule has 3 rings (SSSR count). The molecule has 0 radical (unpaired) electrons. The quantitative estimate of drug-likeness (QED) is 0.661. The Kier molecular flexibility index (Phi) is 6.23. The zero-order valence-electron chi connectivity index (χ0n) is 15.2. The molecule has 1 aliphatic heterocycles. The maximum atomic E-state index is 12.4. The van der Waals surface area contributed by atoms with Crippen LogP contribution in [0.5, 0.6) is 11.5 Å². The van der Waals surface area contributed by atoms with Crippen molar-refractivity contribution in [2.45, 2.75) is 13.3 Å². The van der Waals surface area contributed by atoms with Crippen LogP contribution in [0.1, 0.15) is 18.1 Å². The number of hydrogen-bond donors (Lipinski definition) is 1. The van der Waals surface area contributed by atoms with Crippen molar-refractivity contribution < 1.29 is 14.3 Å². The van der Waals surface area contributed by atoms with E-state index in [1.807, 2.05) is 36.4 Å². The van der Waals surface area contributed by atoms with Gasteiger partial charge in [-0.25, -0.2) is 4.99 Å². The van der Waals surface area contributed by atoms with Crippen molar-refractivity contribution in [2.75, 3.05) is 14.2 Å². The first kappa shape index (κ1) is 19.5. The van der Waals surface area contributed by atoms with Gasteiger partial charge in [0.25, 0.3) is 5.91 Å². The summed E-state index contributed by atoms with van der Waals surface area (Å²) in [5, 5.41) is 3.36. The number of benzene rings is 2. The van der Waals surface area contributed by atoms with E-state index in [0.29, 0.717) is 21.6 Å². The van der Waals surface area contributed by atoms with Crippen molar-refractivity contribution in [3.63, 3.8) is 0 Å². The average molecular weight is 447 g/mol. The molecule has 2 aromatic rings. The maximum absolute atomic E-state index is 12.4. The van der Waals surface area contributed by atoms with E-state index in [1.54, 1.807) is 20.3 Å². The summed E-state index contributed by atoms with van der Waals surface area (Å²) >= 11 is 4.75. The second-order valence-electron chi connectivity index (χ2n) is 5.73. The van der Waals surface area contributed by atoms with Gasteiger partial charge in [-0.1, -0.05) is 35.0 Å². The molecule has 0 saturated carbocycles. The number of aliphatic imine (C=N–C) groups is 1. The second-order valence-corrected chi connectivity index (χ2v) is 7.68. The van der Waals surface area contributed by atoms with Crippen molar-refractivity contribution in [3.05, 3.63) is 56.9 Å². The number of amidine groups is 1. The normalized spacial score (nSPS) is 16.7. The van der Waals surface area contributed by atoms with Gasteiger partial charge < -0.3 is 14.8 Å². The van der Waals surface area contributed by atoms with Crippen LogP contribution < -0.4 is 14.8 Å². The first-order valence-corrected chi connectivity index (χ1v) is 9.95. The van der Waals surface area contributed by atoms with E-state index >= 15 is 0 Å². The van der Waals surface area contributed by atoms with Crippen LogP contribution in [0.2, 0.25) is 0 Å². The van der Waals surface area contributed by atoms with Crippen molar-refractivity contribution in [1.29, 1.82) is 0 Å². The number of methoxy groups -OCH3 is 2. The molecule has 0 aliphatic carbocycles. The highest BCUT2D eigenvalue weighted by Gasteiger charge is 2.25. The molecule has 0 aromatic heterocycles. The lowest BCUT2D eigenvalue weighted by Gasteiger charge is -2.11.